The van der Waals surface area contributed by atoms with E-state index in [1.807, 2.05) is 60.7 Å². The van der Waals surface area contributed by atoms with Crippen LogP contribution in [0.2, 0.25) is 0 Å². The van der Waals surface area contributed by atoms with Gasteiger partial charge in [-0.3, -0.25) is 4.79 Å². The van der Waals surface area contributed by atoms with Crippen LogP contribution < -0.4 is 9.47 Å². The van der Waals surface area contributed by atoms with Crippen LogP contribution in [0.5, 0.6) is 11.5 Å². The molecule has 4 aromatic rings. The molecule has 4 rings (SSSR count). The second kappa shape index (κ2) is 9.83. The van der Waals surface area contributed by atoms with E-state index in [4.69, 9.17) is 14.0 Å². The molecule has 0 N–H and O–H groups in total. The van der Waals surface area contributed by atoms with E-state index in [9.17, 15) is 4.79 Å². The lowest BCUT2D eigenvalue weighted by atomic mass is 10.1. The number of ether oxygens (including phenoxy) is 2. The van der Waals surface area contributed by atoms with Gasteiger partial charge in [0.15, 0.2) is 5.76 Å². The molecule has 0 aliphatic rings. The molecule has 6 heteroatoms. The van der Waals surface area contributed by atoms with Gasteiger partial charge >= 0.3 is 0 Å². The Balaban J connectivity index is 1.57. The summed E-state index contributed by atoms with van der Waals surface area (Å²) in [4.78, 5) is 15.1. The third-order valence-electron chi connectivity index (χ3n) is 5.13. The van der Waals surface area contributed by atoms with Crippen molar-refractivity contribution in [2.24, 2.45) is 0 Å². The number of nitrogens with zero attached hydrogens (tertiary/aromatic N) is 2. The van der Waals surface area contributed by atoms with Crippen molar-refractivity contribution in [1.82, 2.24) is 10.1 Å². The SMILES string of the molecule is COc1ccc(C(=O)N(Cc2ccccc2)Cc2cc(-c3ccc(OC)cc3)on2)cc1. The molecule has 0 bridgehead atoms. The van der Waals surface area contributed by atoms with Crippen LogP contribution in [0.1, 0.15) is 21.6 Å². The molecule has 0 saturated heterocycles. The van der Waals surface area contributed by atoms with Gasteiger partial charge in [-0.15, -0.1) is 0 Å². The van der Waals surface area contributed by atoms with E-state index in [2.05, 4.69) is 5.16 Å². The van der Waals surface area contributed by atoms with Gasteiger partial charge in [0.1, 0.15) is 17.2 Å². The van der Waals surface area contributed by atoms with E-state index in [-0.39, 0.29) is 5.91 Å². The van der Waals surface area contributed by atoms with Crippen molar-refractivity contribution in [3.8, 4) is 22.8 Å². The number of methoxy groups -OCH3 is 2. The predicted molar refractivity (Wildman–Crippen MR) is 122 cm³/mol. The van der Waals surface area contributed by atoms with Crippen molar-refractivity contribution < 1.29 is 18.8 Å². The van der Waals surface area contributed by atoms with Gasteiger partial charge in [0.25, 0.3) is 5.91 Å². The first-order valence-corrected chi connectivity index (χ1v) is 10.2. The minimum Gasteiger partial charge on any atom is -0.497 e. The standard InChI is InChI=1S/C26H24N2O4/c1-30-23-12-8-20(9-13-23)25-16-22(27-32-25)18-28(17-19-6-4-3-5-7-19)26(29)21-10-14-24(31-2)15-11-21/h3-16H,17-18H2,1-2H3. The molecule has 6 nitrogen and oxygen atoms in total. The molecule has 0 aliphatic heterocycles. The molecule has 0 fully saturated rings. The summed E-state index contributed by atoms with van der Waals surface area (Å²) in [5.74, 6) is 2.02. The smallest absolute Gasteiger partial charge is 0.254 e. The number of carbonyl (C=O) groups is 1. The van der Waals surface area contributed by atoms with Gasteiger partial charge in [0.05, 0.1) is 20.8 Å². The van der Waals surface area contributed by atoms with Gasteiger partial charge in [0.2, 0.25) is 0 Å². The van der Waals surface area contributed by atoms with Gasteiger partial charge in [-0.1, -0.05) is 35.5 Å². The van der Waals surface area contributed by atoms with E-state index in [1.54, 1.807) is 43.4 Å². The number of hydrogen-bond acceptors (Lipinski definition) is 5. The second-order valence-electron chi connectivity index (χ2n) is 7.29. The lowest BCUT2D eigenvalue weighted by molar-refractivity contribution is 0.0726. The molecule has 0 spiro atoms. The minimum atomic E-state index is -0.0921. The minimum absolute atomic E-state index is 0.0921. The number of carbonyl (C=O) groups excluding carboxylic acids is 1. The zero-order valence-corrected chi connectivity index (χ0v) is 18.0. The van der Waals surface area contributed by atoms with Crippen molar-refractivity contribution in [2.75, 3.05) is 14.2 Å². The third kappa shape index (κ3) is 4.98. The van der Waals surface area contributed by atoms with E-state index in [0.717, 1.165) is 16.9 Å². The van der Waals surface area contributed by atoms with Crippen molar-refractivity contribution in [2.45, 2.75) is 13.1 Å². The first kappa shape index (κ1) is 21.2. The molecule has 0 unspecified atom stereocenters. The van der Waals surface area contributed by atoms with Crippen LogP contribution >= 0.6 is 0 Å². The summed E-state index contributed by atoms with van der Waals surface area (Å²) in [7, 11) is 3.23. The maximum atomic E-state index is 13.3. The van der Waals surface area contributed by atoms with Crippen molar-refractivity contribution >= 4 is 5.91 Å². The number of hydrogen-bond donors (Lipinski definition) is 0. The Hall–Kier alpha value is -4.06. The van der Waals surface area contributed by atoms with E-state index >= 15 is 0 Å². The summed E-state index contributed by atoms with van der Waals surface area (Å²) in [6.45, 7) is 0.774. The number of amides is 1. The second-order valence-corrected chi connectivity index (χ2v) is 7.29. The molecule has 0 saturated carbocycles. The molecular weight excluding hydrogens is 404 g/mol. The molecule has 32 heavy (non-hydrogen) atoms. The highest BCUT2D eigenvalue weighted by atomic mass is 16.5. The van der Waals surface area contributed by atoms with Crippen molar-refractivity contribution in [3.63, 3.8) is 0 Å². The zero-order chi connectivity index (χ0) is 22.3. The Kier molecular flexibility index (Phi) is 6.51. The van der Waals surface area contributed by atoms with E-state index in [1.165, 1.54) is 0 Å². The Morgan fingerprint density at radius 1 is 0.844 bits per heavy atom. The van der Waals surface area contributed by atoms with Gasteiger partial charge in [-0.05, 0) is 54.1 Å². The van der Waals surface area contributed by atoms with Gasteiger partial charge < -0.3 is 18.9 Å². The first-order valence-electron chi connectivity index (χ1n) is 10.2. The quantitative estimate of drug-likeness (QED) is 0.386. The number of rotatable bonds is 8. The molecule has 1 aromatic heterocycles. The van der Waals surface area contributed by atoms with Gasteiger partial charge in [0, 0.05) is 23.7 Å². The highest BCUT2D eigenvalue weighted by Gasteiger charge is 2.19. The van der Waals surface area contributed by atoms with Crippen LogP contribution in [-0.4, -0.2) is 30.2 Å². The fraction of sp³-hybridized carbons (Fsp3) is 0.154. The van der Waals surface area contributed by atoms with Crippen molar-refractivity contribution in [3.05, 3.63) is 102 Å². The molecule has 0 aliphatic carbocycles. The Labute approximate surface area is 187 Å². The highest BCUT2D eigenvalue weighted by molar-refractivity contribution is 5.94. The first-order chi connectivity index (χ1) is 15.7. The van der Waals surface area contributed by atoms with Crippen LogP contribution in [0.3, 0.4) is 0 Å². The van der Waals surface area contributed by atoms with Gasteiger partial charge in [-0.25, -0.2) is 0 Å². The molecule has 1 heterocycles. The van der Waals surface area contributed by atoms with Crippen LogP contribution in [0.4, 0.5) is 0 Å². The number of benzene rings is 3. The summed E-state index contributed by atoms with van der Waals surface area (Å²) in [5, 5.41) is 4.20. The maximum absolute atomic E-state index is 13.3. The van der Waals surface area contributed by atoms with E-state index < -0.39 is 0 Å². The summed E-state index contributed by atoms with van der Waals surface area (Å²) in [6.07, 6.45) is 0. The summed E-state index contributed by atoms with van der Waals surface area (Å²) >= 11 is 0. The van der Waals surface area contributed by atoms with Crippen LogP contribution in [-0.2, 0) is 13.1 Å². The molecule has 1 amide bonds. The normalized spacial score (nSPS) is 10.6. The molecule has 0 radical (unpaired) electrons. The third-order valence-corrected chi connectivity index (χ3v) is 5.13. The average molecular weight is 428 g/mol. The fourth-order valence-corrected chi connectivity index (χ4v) is 3.39. The van der Waals surface area contributed by atoms with E-state index in [0.29, 0.717) is 35.9 Å². The Morgan fingerprint density at radius 2 is 1.47 bits per heavy atom. The topological polar surface area (TPSA) is 64.8 Å². The summed E-state index contributed by atoms with van der Waals surface area (Å²) in [5.41, 5.74) is 3.18. The predicted octanol–water partition coefficient (Wildman–Crippen LogP) is 5.20. The monoisotopic (exact) mass is 428 g/mol. The Morgan fingerprint density at radius 3 is 2.09 bits per heavy atom. The largest absolute Gasteiger partial charge is 0.497 e. The van der Waals surface area contributed by atoms with Crippen LogP contribution in [0.15, 0.2) is 89.5 Å². The number of aromatic nitrogens is 1. The highest BCUT2D eigenvalue weighted by Crippen LogP contribution is 2.24. The fourth-order valence-electron chi connectivity index (χ4n) is 3.39. The van der Waals surface area contributed by atoms with Crippen molar-refractivity contribution in [1.29, 1.82) is 0 Å². The molecule has 0 atom stereocenters. The van der Waals surface area contributed by atoms with Crippen LogP contribution in [0, 0.1) is 0 Å². The van der Waals surface area contributed by atoms with Gasteiger partial charge in [-0.2, -0.15) is 0 Å². The molecular formula is C26H24N2O4. The molecule has 3 aromatic carbocycles. The maximum Gasteiger partial charge on any atom is 0.254 e. The zero-order valence-electron chi connectivity index (χ0n) is 18.0. The molecule has 162 valence electrons. The summed E-state index contributed by atoms with van der Waals surface area (Å²) < 4.78 is 16.0. The summed E-state index contributed by atoms with van der Waals surface area (Å²) in [6, 6.07) is 26.4. The lowest BCUT2D eigenvalue weighted by Crippen LogP contribution is -2.30. The Bertz CT molecular complexity index is 1150. The lowest BCUT2D eigenvalue weighted by Gasteiger charge is -2.22. The van der Waals surface area contributed by atoms with Crippen LogP contribution in [0.25, 0.3) is 11.3 Å². The average Bonchev–Trinajstić information content (AvgIpc) is 3.32.